The van der Waals surface area contributed by atoms with Gasteiger partial charge in [0.25, 0.3) is 5.71 Å². The van der Waals surface area contributed by atoms with E-state index in [-0.39, 0.29) is 0 Å². The maximum absolute atomic E-state index is 5.83. The van der Waals surface area contributed by atoms with Crippen LogP contribution in [-0.4, -0.2) is 52.6 Å². The fourth-order valence-electron chi connectivity index (χ4n) is 2.95. The number of rotatable bonds is 3. The predicted octanol–water partition coefficient (Wildman–Crippen LogP) is 2.43. The zero-order valence-electron chi connectivity index (χ0n) is 13.1. The number of fused-ring (bicyclic) bond motifs is 1. The molecule has 0 atom stereocenters. The fraction of sp³-hybridized carbons (Fsp3) is 0.353. The van der Waals surface area contributed by atoms with Crippen LogP contribution >= 0.6 is 0 Å². The van der Waals surface area contributed by atoms with Crippen molar-refractivity contribution in [3.8, 4) is 11.5 Å². The Morgan fingerprint density at radius 2 is 1.83 bits per heavy atom. The van der Waals surface area contributed by atoms with E-state index in [1.54, 1.807) is 6.33 Å². The minimum absolute atomic E-state index is 0.548. The van der Waals surface area contributed by atoms with Crippen molar-refractivity contribution in [2.45, 2.75) is 6.92 Å². The molecule has 6 nitrogen and oxygen atoms in total. The number of piperazine rings is 1. The Bertz CT molecular complexity index is 793. The van der Waals surface area contributed by atoms with Crippen LogP contribution < -0.4 is 4.90 Å². The predicted molar refractivity (Wildman–Crippen MR) is 89.4 cm³/mol. The van der Waals surface area contributed by atoms with E-state index in [9.17, 15) is 0 Å². The van der Waals surface area contributed by atoms with Gasteiger partial charge in [-0.2, -0.15) is 4.98 Å². The normalized spacial score (nSPS) is 16.1. The second kappa shape index (κ2) is 5.96. The fourth-order valence-corrected chi connectivity index (χ4v) is 2.95. The number of anilines is 1. The maximum Gasteiger partial charge on any atom is 0.252 e. The Balaban J connectivity index is 1.70. The number of aromatic nitrogens is 3. The molecule has 1 aromatic carbocycles. The van der Waals surface area contributed by atoms with Gasteiger partial charge in [0, 0.05) is 31.7 Å². The summed E-state index contributed by atoms with van der Waals surface area (Å²) in [5, 5.41) is 0. The largest absolute Gasteiger partial charge is 0.417 e. The molecule has 4 rings (SSSR count). The third-order valence-corrected chi connectivity index (χ3v) is 4.32. The van der Waals surface area contributed by atoms with E-state index in [1.807, 2.05) is 30.3 Å². The van der Waals surface area contributed by atoms with Crippen molar-refractivity contribution in [2.24, 2.45) is 0 Å². The van der Waals surface area contributed by atoms with Crippen molar-refractivity contribution in [2.75, 3.05) is 37.6 Å². The van der Waals surface area contributed by atoms with Crippen LogP contribution in [0.4, 0.5) is 5.82 Å². The van der Waals surface area contributed by atoms with Crippen molar-refractivity contribution in [3.63, 3.8) is 0 Å². The van der Waals surface area contributed by atoms with Crippen LogP contribution in [0.25, 0.3) is 22.7 Å². The van der Waals surface area contributed by atoms with Gasteiger partial charge < -0.3 is 14.2 Å². The summed E-state index contributed by atoms with van der Waals surface area (Å²) in [5.41, 5.74) is 2.25. The molecule has 1 aliphatic rings. The minimum Gasteiger partial charge on any atom is -0.417 e. The Kier molecular flexibility index (Phi) is 3.67. The highest BCUT2D eigenvalue weighted by atomic mass is 16.4. The molecular formula is C17H19N5O. The molecule has 0 aliphatic carbocycles. The topological polar surface area (TPSA) is 58.3 Å². The number of hydrogen-bond acceptors (Lipinski definition) is 6. The molecule has 23 heavy (non-hydrogen) atoms. The van der Waals surface area contributed by atoms with Gasteiger partial charge in [0.1, 0.15) is 6.33 Å². The van der Waals surface area contributed by atoms with Crippen molar-refractivity contribution in [3.05, 3.63) is 36.7 Å². The van der Waals surface area contributed by atoms with E-state index in [0.29, 0.717) is 11.6 Å². The van der Waals surface area contributed by atoms with Gasteiger partial charge in [0.2, 0.25) is 5.89 Å². The summed E-state index contributed by atoms with van der Waals surface area (Å²) in [6.07, 6.45) is 1.56. The van der Waals surface area contributed by atoms with Crippen LogP contribution in [0, 0.1) is 0 Å². The van der Waals surface area contributed by atoms with Crippen LogP contribution in [0.2, 0.25) is 0 Å². The molecule has 1 saturated heterocycles. The van der Waals surface area contributed by atoms with Crippen molar-refractivity contribution < 1.29 is 4.42 Å². The molecule has 0 saturated carbocycles. The molecule has 0 spiro atoms. The highest BCUT2D eigenvalue weighted by Gasteiger charge is 2.21. The summed E-state index contributed by atoms with van der Waals surface area (Å²) in [7, 11) is 0. The van der Waals surface area contributed by atoms with E-state index in [1.165, 1.54) is 0 Å². The van der Waals surface area contributed by atoms with Crippen LogP contribution in [0.3, 0.4) is 0 Å². The lowest BCUT2D eigenvalue weighted by Crippen LogP contribution is -2.46. The lowest BCUT2D eigenvalue weighted by molar-refractivity contribution is 0.270. The first-order valence-electron chi connectivity index (χ1n) is 7.99. The van der Waals surface area contributed by atoms with Gasteiger partial charge in [0.15, 0.2) is 11.3 Å². The van der Waals surface area contributed by atoms with Crippen LogP contribution in [0.5, 0.6) is 0 Å². The van der Waals surface area contributed by atoms with Gasteiger partial charge in [-0.15, -0.1) is 0 Å². The van der Waals surface area contributed by atoms with Crippen molar-refractivity contribution in [1.82, 2.24) is 19.9 Å². The molecular weight excluding hydrogens is 290 g/mol. The first kappa shape index (κ1) is 14.1. The molecule has 3 aromatic rings. The van der Waals surface area contributed by atoms with E-state index < -0.39 is 0 Å². The number of benzene rings is 1. The smallest absolute Gasteiger partial charge is 0.252 e. The Labute approximate surface area is 134 Å². The lowest BCUT2D eigenvalue weighted by atomic mass is 10.2. The van der Waals surface area contributed by atoms with Gasteiger partial charge in [-0.3, -0.25) is 0 Å². The summed E-state index contributed by atoms with van der Waals surface area (Å²) in [5.74, 6) is 1.46. The Morgan fingerprint density at radius 1 is 1.04 bits per heavy atom. The first-order valence-corrected chi connectivity index (χ1v) is 7.99. The Morgan fingerprint density at radius 3 is 2.57 bits per heavy atom. The standard InChI is InChI=1S/C17H19N5O/c1-2-21-8-10-22(11-9-21)15-14-17(19-12-18-15)23-16(20-14)13-6-4-3-5-7-13/h3-7,12H,2,8-11H2,1H3. The summed E-state index contributed by atoms with van der Waals surface area (Å²) >= 11 is 0. The molecule has 2 aromatic heterocycles. The second-order valence-corrected chi connectivity index (χ2v) is 5.66. The molecule has 1 aliphatic heterocycles. The summed E-state index contributed by atoms with van der Waals surface area (Å²) < 4.78 is 5.83. The zero-order valence-corrected chi connectivity index (χ0v) is 13.1. The molecule has 6 heteroatoms. The molecule has 0 amide bonds. The highest BCUT2D eigenvalue weighted by Crippen LogP contribution is 2.28. The van der Waals surface area contributed by atoms with Gasteiger partial charge in [0.05, 0.1) is 0 Å². The lowest BCUT2D eigenvalue weighted by Gasteiger charge is -2.34. The maximum atomic E-state index is 5.83. The molecule has 0 bridgehead atoms. The SMILES string of the molecule is CCN1CCN(c2ncnc3oc(-c4ccccc4)nc23)CC1. The average Bonchev–Trinajstić information content (AvgIpc) is 3.07. The average molecular weight is 309 g/mol. The monoisotopic (exact) mass is 309 g/mol. The second-order valence-electron chi connectivity index (χ2n) is 5.66. The van der Waals surface area contributed by atoms with Crippen LogP contribution in [0.1, 0.15) is 6.92 Å². The van der Waals surface area contributed by atoms with E-state index in [2.05, 4.69) is 31.7 Å². The van der Waals surface area contributed by atoms with Gasteiger partial charge >= 0.3 is 0 Å². The summed E-state index contributed by atoms with van der Waals surface area (Å²) in [4.78, 5) is 18.1. The van der Waals surface area contributed by atoms with Gasteiger partial charge in [-0.05, 0) is 18.7 Å². The number of hydrogen-bond donors (Lipinski definition) is 0. The number of likely N-dealkylation sites (N-methyl/N-ethyl adjacent to an activating group) is 1. The minimum atomic E-state index is 0.548. The van der Waals surface area contributed by atoms with Crippen LogP contribution in [0.15, 0.2) is 41.1 Å². The summed E-state index contributed by atoms with van der Waals surface area (Å²) in [6, 6.07) is 9.89. The van der Waals surface area contributed by atoms with Crippen molar-refractivity contribution in [1.29, 1.82) is 0 Å². The first-order chi connectivity index (χ1) is 11.3. The molecule has 1 fully saturated rings. The van der Waals surface area contributed by atoms with Crippen molar-refractivity contribution >= 4 is 17.0 Å². The van der Waals surface area contributed by atoms with E-state index in [4.69, 9.17) is 4.42 Å². The number of oxazole rings is 1. The number of nitrogens with zero attached hydrogens (tertiary/aromatic N) is 5. The third kappa shape index (κ3) is 2.66. The van der Waals surface area contributed by atoms with Crippen LogP contribution in [-0.2, 0) is 0 Å². The van der Waals surface area contributed by atoms with Gasteiger partial charge in [-0.25, -0.2) is 9.97 Å². The quantitative estimate of drug-likeness (QED) is 0.740. The van der Waals surface area contributed by atoms with E-state index >= 15 is 0 Å². The molecule has 0 unspecified atom stereocenters. The zero-order chi connectivity index (χ0) is 15.6. The highest BCUT2D eigenvalue weighted by molar-refractivity contribution is 5.83. The third-order valence-electron chi connectivity index (χ3n) is 4.32. The molecule has 3 heterocycles. The summed E-state index contributed by atoms with van der Waals surface area (Å²) in [6.45, 7) is 7.29. The van der Waals surface area contributed by atoms with Gasteiger partial charge in [-0.1, -0.05) is 25.1 Å². The van der Waals surface area contributed by atoms with E-state index in [0.717, 1.165) is 49.6 Å². The molecule has 0 N–H and O–H groups in total. The molecule has 118 valence electrons. The Hall–Kier alpha value is -2.47. The molecule has 0 radical (unpaired) electrons.